The van der Waals surface area contributed by atoms with Gasteiger partial charge in [-0.15, -0.1) is 0 Å². The fraction of sp³-hybridized carbons (Fsp3) is 0.875. The van der Waals surface area contributed by atoms with Crippen LogP contribution < -0.4 is 10.6 Å². The summed E-state index contributed by atoms with van der Waals surface area (Å²) >= 11 is 0. The summed E-state index contributed by atoms with van der Waals surface area (Å²) in [5.41, 5.74) is -0.232. The van der Waals surface area contributed by atoms with Crippen molar-refractivity contribution in [3.63, 3.8) is 0 Å². The van der Waals surface area contributed by atoms with E-state index in [0.29, 0.717) is 11.8 Å². The van der Waals surface area contributed by atoms with E-state index >= 15 is 0 Å². The standard InChI is InChI=1S/C16H29N3O2/c1-11(17-15(21)18-16(2,3)4)13-6-5-9-19(10-13)14(20)12-7-8-12/h11-13H,5-10H2,1-4H3,(H2,17,18,21)/t11-,13-/m0/s1. The molecule has 0 unspecified atom stereocenters. The number of hydrogen-bond acceptors (Lipinski definition) is 2. The summed E-state index contributed by atoms with van der Waals surface area (Å²) in [6, 6.07) is -0.0391. The van der Waals surface area contributed by atoms with Crippen LogP contribution in [0, 0.1) is 11.8 Å². The van der Waals surface area contributed by atoms with Crippen molar-refractivity contribution in [2.75, 3.05) is 13.1 Å². The molecule has 0 aromatic heterocycles. The quantitative estimate of drug-likeness (QED) is 0.838. The summed E-state index contributed by atoms with van der Waals surface area (Å²) in [5.74, 6) is 0.967. The van der Waals surface area contributed by atoms with Crippen molar-refractivity contribution < 1.29 is 9.59 Å². The lowest BCUT2D eigenvalue weighted by molar-refractivity contribution is -0.134. The molecule has 0 bridgehead atoms. The topological polar surface area (TPSA) is 61.4 Å². The first-order chi connectivity index (χ1) is 9.76. The average Bonchev–Trinajstić information content (AvgIpc) is 3.19. The summed E-state index contributed by atoms with van der Waals surface area (Å²) in [7, 11) is 0. The highest BCUT2D eigenvalue weighted by Gasteiger charge is 2.36. The van der Waals surface area contributed by atoms with Crippen molar-refractivity contribution in [2.45, 2.75) is 65.0 Å². The van der Waals surface area contributed by atoms with E-state index in [2.05, 4.69) is 10.6 Å². The highest BCUT2D eigenvalue weighted by molar-refractivity contribution is 5.81. The summed E-state index contributed by atoms with van der Waals surface area (Å²) in [4.78, 5) is 26.1. The van der Waals surface area contributed by atoms with Crippen molar-refractivity contribution in [1.82, 2.24) is 15.5 Å². The van der Waals surface area contributed by atoms with Crippen molar-refractivity contribution in [3.8, 4) is 0 Å². The smallest absolute Gasteiger partial charge is 0.315 e. The molecule has 2 fully saturated rings. The molecule has 1 saturated heterocycles. The van der Waals surface area contributed by atoms with Crippen LogP contribution in [0.2, 0.25) is 0 Å². The van der Waals surface area contributed by atoms with Gasteiger partial charge < -0.3 is 15.5 Å². The number of piperidine rings is 1. The molecule has 1 aliphatic carbocycles. The van der Waals surface area contributed by atoms with Crippen LogP contribution in [0.15, 0.2) is 0 Å². The minimum absolute atomic E-state index is 0.0853. The first-order valence-electron chi connectivity index (χ1n) is 8.14. The zero-order chi connectivity index (χ0) is 15.6. The van der Waals surface area contributed by atoms with Gasteiger partial charge >= 0.3 is 6.03 Å². The van der Waals surface area contributed by atoms with Crippen molar-refractivity contribution in [3.05, 3.63) is 0 Å². The molecule has 2 N–H and O–H groups in total. The normalized spacial score (nSPS) is 24.4. The summed E-state index contributed by atoms with van der Waals surface area (Å²) in [5, 5.41) is 5.94. The number of likely N-dealkylation sites (tertiary alicyclic amines) is 1. The van der Waals surface area contributed by atoms with Crippen LogP contribution in [-0.2, 0) is 4.79 Å². The van der Waals surface area contributed by atoms with E-state index in [4.69, 9.17) is 0 Å². The van der Waals surface area contributed by atoms with Crippen molar-refractivity contribution in [2.24, 2.45) is 11.8 Å². The average molecular weight is 295 g/mol. The van der Waals surface area contributed by atoms with Crippen LogP contribution in [0.3, 0.4) is 0 Å². The Bertz CT molecular complexity index is 399. The van der Waals surface area contributed by atoms with Crippen LogP contribution in [0.1, 0.15) is 53.4 Å². The van der Waals surface area contributed by atoms with E-state index in [0.717, 1.165) is 38.8 Å². The number of amides is 3. The minimum Gasteiger partial charge on any atom is -0.342 e. The molecule has 120 valence electrons. The monoisotopic (exact) mass is 295 g/mol. The third kappa shape index (κ3) is 4.90. The van der Waals surface area contributed by atoms with Gasteiger partial charge in [0, 0.05) is 30.6 Å². The fourth-order valence-electron chi connectivity index (χ4n) is 2.91. The van der Waals surface area contributed by atoms with Crippen molar-refractivity contribution in [1.29, 1.82) is 0 Å². The molecule has 3 amide bonds. The Labute approximate surface area is 127 Å². The number of carbonyl (C=O) groups excluding carboxylic acids is 2. The number of rotatable bonds is 3. The molecule has 21 heavy (non-hydrogen) atoms. The maximum atomic E-state index is 12.2. The lowest BCUT2D eigenvalue weighted by atomic mass is 9.91. The largest absolute Gasteiger partial charge is 0.342 e. The lowest BCUT2D eigenvalue weighted by Gasteiger charge is -2.36. The first kappa shape index (κ1) is 16.1. The number of urea groups is 1. The van der Waals surface area contributed by atoms with E-state index in [1.165, 1.54) is 0 Å². The fourth-order valence-corrected chi connectivity index (χ4v) is 2.91. The predicted molar refractivity (Wildman–Crippen MR) is 82.9 cm³/mol. The predicted octanol–water partition coefficient (Wildman–Crippen LogP) is 2.12. The summed E-state index contributed by atoms with van der Waals surface area (Å²) in [6.45, 7) is 9.60. The summed E-state index contributed by atoms with van der Waals surface area (Å²) < 4.78 is 0. The second kappa shape index (κ2) is 6.24. The molecule has 2 atom stereocenters. The number of nitrogens with one attached hydrogen (secondary N) is 2. The Morgan fingerprint density at radius 2 is 1.86 bits per heavy atom. The Hall–Kier alpha value is -1.26. The zero-order valence-corrected chi connectivity index (χ0v) is 13.7. The number of carbonyl (C=O) groups is 2. The van der Waals surface area contributed by atoms with Gasteiger partial charge in [0.15, 0.2) is 0 Å². The van der Waals surface area contributed by atoms with E-state index in [1.54, 1.807) is 0 Å². The van der Waals surface area contributed by atoms with Crippen LogP contribution >= 0.6 is 0 Å². The number of hydrogen-bond donors (Lipinski definition) is 2. The van der Waals surface area contributed by atoms with Gasteiger partial charge in [-0.2, -0.15) is 0 Å². The van der Waals surface area contributed by atoms with Crippen LogP contribution in [0.5, 0.6) is 0 Å². The van der Waals surface area contributed by atoms with E-state index < -0.39 is 0 Å². The third-order valence-electron chi connectivity index (χ3n) is 4.25. The SMILES string of the molecule is C[C@H](NC(=O)NC(C)(C)C)[C@H]1CCCN(C(=O)C2CC2)C1. The molecule has 1 saturated carbocycles. The van der Waals surface area contributed by atoms with Gasteiger partial charge in [0.25, 0.3) is 0 Å². The highest BCUT2D eigenvalue weighted by atomic mass is 16.2. The first-order valence-corrected chi connectivity index (χ1v) is 8.14. The van der Waals surface area contributed by atoms with E-state index in [9.17, 15) is 9.59 Å². The Kier molecular flexibility index (Phi) is 4.79. The summed E-state index contributed by atoms with van der Waals surface area (Å²) in [6.07, 6.45) is 4.23. The Morgan fingerprint density at radius 1 is 1.19 bits per heavy atom. The molecular formula is C16H29N3O2. The van der Waals surface area contributed by atoms with E-state index in [1.807, 2.05) is 32.6 Å². The molecule has 2 aliphatic rings. The van der Waals surface area contributed by atoms with Crippen LogP contribution in [0.4, 0.5) is 4.79 Å². The highest BCUT2D eigenvalue weighted by Crippen LogP contribution is 2.32. The molecule has 5 nitrogen and oxygen atoms in total. The number of nitrogens with zero attached hydrogens (tertiary/aromatic N) is 1. The third-order valence-corrected chi connectivity index (χ3v) is 4.25. The van der Waals surface area contributed by atoms with E-state index in [-0.39, 0.29) is 23.5 Å². The van der Waals surface area contributed by atoms with Crippen molar-refractivity contribution >= 4 is 11.9 Å². The lowest BCUT2D eigenvalue weighted by Crippen LogP contribution is -2.53. The molecular weight excluding hydrogens is 266 g/mol. The van der Waals surface area contributed by atoms with Gasteiger partial charge in [0.2, 0.25) is 5.91 Å². The van der Waals surface area contributed by atoms with Gasteiger partial charge in [0.05, 0.1) is 0 Å². The molecule has 2 rings (SSSR count). The maximum absolute atomic E-state index is 12.2. The molecule has 5 heteroatoms. The molecule has 0 spiro atoms. The van der Waals surface area contributed by atoms with Gasteiger partial charge in [-0.3, -0.25) is 4.79 Å². The minimum atomic E-state index is -0.232. The van der Waals surface area contributed by atoms with Gasteiger partial charge in [-0.05, 0) is 59.3 Å². The van der Waals surface area contributed by atoms with Crippen LogP contribution in [0.25, 0.3) is 0 Å². The molecule has 0 radical (unpaired) electrons. The molecule has 0 aromatic rings. The second-order valence-corrected chi connectivity index (χ2v) is 7.60. The van der Waals surface area contributed by atoms with Gasteiger partial charge in [-0.1, -0.05) is 0 Å². The van der Waals surface area contributed by atoms with Gasteiger partial charge in [0.1, 0.15) is 0 Å². The zero-order valence-electron chi connectivity index (χ0n) is 13.7. The van der Waals surface area contributed by atoms with Gasteiger partial charge in [-0.25, -0.2) is 4.79 Å². The Morgan fingerprint density at radius 3 is 2.43 bits per heavy atom. The molecule has 1 heterocycles. The Balaban J connectivity index is 1.82. The van der Waals surface area contributed by atoms with Crippen LogP contribution in [-0.4, -0.2) is 41.5 Å². The maximum Gasteiger partial charge on any atom is 0.315 e. The second-order valence-electron chi connectivity index (χ2n) is 7.60. The molecule has 0 aromatic carbocycles. The molecule has 1 aliphatic heterocycles.